The first-order chi connectivity index (χ1) is 8.72. The molecule has 1 heterocycles. The summed E-state index contributed by atoms with van der Waals surface area (Å²) in [6.45, 7) is 7.21. The lowest BCUT2D eigenvalue weighted by molar-refractivity contribution is 0.0953. The molecule has 0 radical (unpaired) electrons. The lowest BCUT2D eigenvalue weighted by Gasteiger charge is -2.39. The fraction of sp³-hybridized carbons (Fsp3) is 0.571. The molecule has 1 atom stereocenters. The van der Waals surface area contributed by atoms with E-state index in [1.807, 2.05) is 18.2 Å². The van der Waals surface area contributed by atoms with Crippen LogP contribution in [0.1, 0.15) is 6.92 Å². The normalized spacial score (nSPS) is 18.9. The molecule has 2 rings (SSSR count). The van der Waals surface area contributed by atoms with Crippen LogP contribution in [0.25, 0.3) is 0 Å². The van der Waals surface area contributed by atoms with Gasteiger partial charge in [0.05, 0.1) is 18.0 Å². The van der Waals surface area contributed by atoms with E-state index in [-0.39, 0.29) is 0 Å². The fourth-order valence-electron chi connectivity index (χ4n) is 2.53. The van der Waals surface area contributed by atoms with Crippen molar-refractivity contribution in [3.05, 3.63) is 24.3 Å². The Morgan fingerprint density at radius 1 is 1.22 bits per heavy atom. The number of piperazine rings is 1. The van der Waals surface area contributed by atoms with Crippen LogP contribution in [-0.4, -0.2) is 50.8 Å². The molecule has 2 N–H and O–H groups in total. The van der Waals surface area contributed by atoms with Gasteiger partial charge in [-0.3, -0.25) is 4.90 Å². The van der Waals surface area contributed by atoms with E-state index in [2.05, 4.69) is 22.8 Å². The summed E-state index contributed by atoms with van der Waals surface area (Å²) in [7, 11) is 1.76. The van der Waals surface area contributed by atoms with Crippen LogP contribution in [0.3, 0.4) is 0 Å². The Bertz CT molecular complexity index is 375. The fourth-order valence-corrected chi connectivity index (χ4v) is 2.53. The van der Waals surface area contributed by atoms with E-state index >= 15 is 0 Å². The maximum absolute atomic E-state index is 6.02. The van der Waals surface area contributed by atoms with E-state index in [0.29, 0.717) is 6.04 Å². The van der Waals surface area contributed by atoms with Crippen molar-refractivity contribution in [2.45, 2.75) is 13.0 Å². The minimum absolute atomic E-state index is 0.491. The average molecular weight is 249 g/mol. The molecule has 4 heteroatoms. The monoisotopic (exact) mass is 249 g/mol. The zero-order chi connectivity index (χ0) is 13.0. The zero-order valence-electron chi connectivity index (χ0n) is 11.3. The van der Waals surface area contributed by atoms with Crippen molar-refractivity contribution < 1.29 is 4.74 Å². The summed E-state index contributed by atoms with van der Waals surface area (Å²) in [5, 5.41) is 0. The van der Waals surface area contributed by atoms with Crippen LogP contribution in [0.4, 0.5) is 11.4 Å². The predicted molar refractivity (Wildman–Crippen MR) is 76.0 cm³/mol. The molecule has 0 spiro atoms. The number of benzene rings is 1. The number of anilines is 2. The van der Waals surface area contributed by atoms with E-state index in [1.165, 1.54) is 0 Å². The van der Waals surface area contributed by atoms with Gasteiger partial charge in [0.25, 0.3) is 0 Å². The summed E-state index contributed by atoms with van der Waals surface area (Å²) in [5.41, 5.74) is 8.05. The number of hydrogen-bond donors (Lipinski definition) is 1. The first-order valence-corrected chi connectivity index (χ1v) is 6.55. The topological polar surface area (TPSA) is 41.7 Å². The van der Waals surface area contributed by atoms with Crippen molar-refractivity contribution in [3.8, 4) is 0 Å². The minimum atomic E-state index is 0.491. The Morgan fingerprint density at radius 3 is 2.50 bits per heavy atom. The second-order valence-corrected chi connectivity index (χ2v) is 4.89. The Kier molecular flexibility index (Phi) is 4.44. The van der Waals surface area contributed by atoms with Gasteiger partial charge in [-0.05, 0) is 19.1 Å². The van der Waals surface area contributed by atoms with Crippen molar-refractivity contribution in [2.24, 2.45) is 0 Å². The van der Waals surface area contributed by atoms with Crippen LogP contribution in [0.5, 0.6) is 0 Å². The number of hydrogen-bond acceptors (Lipinski definition) is 4. The van der Waals surface area contributed by atoms with Gasteiger partial charge in [-0.25, -0.2) is 0 Å². The standard InChI is InChI=1S/C14H23N3O/c1-12(11-18-2)16-7-9-17(10-8-16)14-6-4-3-5-13(14)15/h3-6,12H,7-11,15H2,1-2H3. The molecule has 1 saturated heterocycles. The molecule has 1 aliphatic rings. The number of nitrogens with zero attached hydrogens (tertiary/aromatic N) is 2. The molecule has 0 bridgehead atoms. The van der Waals surface area contributed by atoms with Gasteiger partial charge in [-0.1, -0.05) is 12.1 Å². The number of nitrogens with two attached hydrogens (primary N) is 1. The first kappa shape index (κ1) is 13.2. The van der Waals surface area contributed by atoms with E-state index in [0.717, 1.165) is 44.2 Å². The third kappa shape index (κ3) is 2.94. The molecule has 18 heavy (non-hydrogen) atoms. The molecule has 100 valence electrons. The molecule has 0 aliphatic carbocycles. The van der Waals surface area contributed by atoms with Gasteiger partial charge in [0.1, 0.15) is 0 Å². The average Bonchev–Trinajstić information content (AvgIpc) is 2.40. The lowest BCUT2D eigenvalue weighted by atomic mass is 10.2. The van der Waals surface area contributed by atoms with E-state index < -0.39 is 0 Å². The molecule has 1 aromatic carbocycles. The van der Waals surface area contributed by atoms with E-state index in [4.69, 9.17) is 10.5 Å². The summed E-state index contributed by atoms with van der Waals surface area (Å²) in [4.78, 5) is 4.84. The largest absolute Gasteiger partial charge is 0.397 e. The van der Waals surface area contributed by atoms with Crippen LogP contribution in [0, 0.1) is 0 Å². The van der Waals surface area contributed by atoms with Gasteiger partial charge >= 0.3 is 0 Å². The van der Waals surface area contributed by atoms with Crippen molar-refractivity contribution in [2.75, 3.05) is 50.5 Å². The van der Waals surface area contributed by atoms with Gasteiger partial charge in [-0.2, -0.15) is 0 Å². The van der Waals surface area contributed by atoms with Crippen LogP contribution < -0.4 is 10.6 Å². The number of nitrogen functional groups attached to an aromatic ring is 1. The van der Waals surface area contributed by atoms with Crippen LogP contribution in [-0.2, 0) is 4.74 Å². The highest BCUT2D eigenvalue weighted by Crippen LogP contribution is 2.23. The second-order valence-electron chi connectivity index (χ2n) is 4.89. The maximum Gasteiger partial charge on any atom is 0.0615 e. The highest BCUT2D eigenvalue weighted by molar-refractivity contribution is 5.67. The number of methoxy groups -OCH3 is 1. The third-order valence-corrected chi connectivity index (χ3v) is 3.62. The van der Waals surface area contributed by atoms with E-state index in [9.17, 15) is 0 Å². The van der Waals surface area contributed by atoms with Gasteiger partial charge in [-0.15, -0.1) is 0 Å². The SMILES string of the molecule is COCC(C)N1CCN(c2ccccc2N)CC1. The quantitative estimate of drug-likeness (QED) is 0.820. The molecule has 1 aliphatic heterocycles. The van der Waals surface area contributed by atoms with Crippen molar-refractivity contribution in [3.63, 3.8) is 0 Å². The second kappa shape index (κ2) is 6.07. The molecule has 4 nitrogen and oxygen atoms in total. The first-order valence-electron chi connectivity index (χ1n) is 6.55. The molecule has 1 fully saturated rings. The Labute approximate surface area is 109 Å². The van der Waals surface area contributed by atoms with Gasteiger partial charge in [0, 0.05) is 39.3 Å². The summed E-state index contributed by atoms with van der Waals surface area (Å²) >= 11 is 0. The van der Waals surface area contributed by atoms with Crippen LogP contribution in [0.2, 0.25) is 0 Å². The summed E-state index contributed by atoms with van der Waals surface area (Å²) < 4.78 is 5.21. The molecule has 0 saturated carbocycles. The highest BCUT2D eigenvalue weighted by Gasteiger charge is 2.21. The maximum atomic E-state index is 6.02. The molecule has 1 aromatic rings. The molecule has 0 amide bonds. The minimum Gasteiger partial charge on any atom is -0.397 e. The Morgan fingerprint density at radius 2 is 1.89 bits per heavy atom. The highest BCUT2D eigenvalue weighted by atomic mass is 16.5. The van der Waals surface area contributed by atoms with Crippen LogP contribution >= 0.6 is 0 Å². The lowest BCUT2D eigenvalue weighted by Crippen LogP contribution is -2.50. The van der Waals surface area contributed by atoms with Gasteiger partial charge in [0.15, 0.2) is 0 Å². The van der Waals surface area contributed by atoms with E-state index in [1.54, 1.807) is 7.11 Å². The number of rotatable bonds is 4. The van der Waals surface area contributed by atoms with Crippen LogP contribution in [0.15, 0.2) is 24.3 Å². The van der Waals surface area contributed by atoms with Crippen molar-refractivity contribution in [1.82, 2.24) is 4.90 Å². The predicted octanol–water partition coefficient (Wildman–Crippen LogP) is 1.43. The summed E-state index contributed by atoms with van der Waals surface area (Å²) in [5.74, 6) is 0. The van der Waals surface area contributed by atoms with Crippen molar-refractivity contribution >= 4 is 11.4 Å². The summed E-state index contributed by atoms with van der Waals surface area (Å²) in [6.07, 6.45) is 0. The molecule has 1 unspecified atom stereocenters. The van der Waals surface area contributed by atoms with Gasteiger partial charge < -0.3 is 15.4 Å². The third-order valence-electron chi connectivity index (χ3n) is 3.62. The molecule has 0 aromatic heterocycles. The molecular weight excluding hydrogens is 226 g/mol. The Hall–Kier alpha value is -1.26. The zero-order valence-corrected chi connectivity index (χ0v) is 11.3. The smallest absolute Gasteiger partial charge is 0.0615 e. The Balaban J connectivity index is 1.93. The van der Waals surface area contributed by atoms with Crippen molar-refractivity contribution in [1.29, 1.82) is 0 Å². The summed E-state index contributed by atoms with van der Waals surface area (Å²) in [6, 6.07) is 8.59. The van der Waals surface area contributed by atoms with Gasteiger partial charge in [0.2, 0.25) is 0 Å². The number of ether oxygens (including phenoxy) is 1. The molecular formula is C14H23N3O. The number of para-hydroxylation sites is 2.